The van der Waals surface area contributed by atoms with Crippen LogP contribution in [0.15, 0.2) is 12.1 Å². The van der Waals surface area contributed by atoms with E-state index in [1.54, 1.807) is 24.0 Å². The molecule has 17 heavy (non-hydrogen) atoms. The van der Waals surface area contributed by atoms with Crippen LogP contribution >= 0.6 is 11.6 Å². The third-order valence-electron chi connectivity index (χ3n) is 3.13. The van der Waals surface area contributed by atoms with Crippen molar-refractivity contribution in [1.82, 2.24) is 0 Å². The molecule has 1 fully saturated rings. The second kappa shape index (κ2) is 4.55. The zero-order valence-corrected chi connectivity index (χ0v) is 10.4. The number of aromatic hydroxyl groups is 1. The van der Waals surface area contributed by atoms with Gasteiger partial charge in [-0.25, -0.2) is 0 Å². The Bertz CT molecular complexity index is 462. The second-order valence-electron chi connectivity index (χ2n) is 4.37. The van der Waals surface area contributed by atoms with Gasteiger partial charge in [0, 0.05) is 13.0 Å². The average molecular weight is 255 g/mol. The van der Waals surface area contributed by atoms with Crippen LogP contribution in [0.4, 0.5) is 5.69 Å². The number of carbonyl (C=O) groups excluding carboxylic acids is 1. The maximum Gasteiger partial charge on any atom is 0.227 e. The van der Waals surface area contributed by atoms with Crippen molar-refractivity contribution in [2.24, 2.45) is 11.7 Å². The summed E-state index contributed by atoms with van der Waals surface area (Å²) in [5.41, 5.74) is 6.83. The fourth-order valence-corrected chi connectivity index (χ4v) is 2.35. The maximum atomic E-state index is 11.8. The van der Waals surface area contributed by atoms with E-state index in [2.05, 4.69) is 0 Å². The van der Waals surface area contributed by atoms with E-state index in [9.17, 15) is 9.90 Å². The molecular formula is C12H15ClN2O2. The zero-order valence-electron chi connectivity index (χ0n) is 9.61. The van der Waals surface area contributed by atoms with Gasteiger partial charge in [0.05, 0.1) is 5.69 Å². The summed E-state index contributed by atoms with van der Waals surface area (Å²) in [4.78, 5) is 13.4. The summed E-state index contributed by atoms with van der Waals surface area (Å²) in [5, 5.41) is 9.99. The smallest absolute Gasteiger partial charge is 0.227 e. The summed E-state index contributed by atoms with van der Waals surface area (Å²) < 4.78 is 0. The van der Waals surface area contributed by atoms with E-state index in [4.69, 9.17) is 17.3 Å². The molecule has 0 bridgehead atoms. The molecule has 1 aromatic carbocycles. The fraction of sp³-hybridized carbons (Fsp3) is 0.417. The first-order valence-corrected chi connectivity index (χ1v) is 5.91. The number of aryl methyl sites for hydroxylation is 1. The van der Waals surface area contributed by atoms with E-state index in [-0.39, 0.29) is 22.6 Å². The lowest BCUT2D eigenvalue weighted by atomic mass is 10.1. The highest BCUT2D eigenvalue weighted by Gasteiger charge is 2.31. The SMILES string of the molecule is Cc1ccc(N2CC(CN)CC2=O)c(Cl)c1O. The van der Waals surface area contributed by atoms with Crippen molar-refractivity contribution in [3.63, 3.8) is 0 Å². The molecule has 0 aliphatic carbocycles. The van der Waals surface area contributed by atoms with E-state index in [1.165, 1.54) is 0 Å². The lowest BCUT2D eigenvalue weighted by Crippen LogP contribution is -2.26. The number of anilines is 1. The van der Waals surface area contributed by atoms with Crippen LogP contribution in [0.2, 0.25) is 5.02 Å². The molecule has 4 nitrogen and oxygen atoms in total. The molecule has 1 heterocycles. The number of phenolic OH excluding ortho intramolecular Hbond substituents is 1. The van der Waals surface area contributed by atoms with Crippen molar-refractivity contribution in [3.8, 4) is 5.75 Å². The number of halogens is 1. The van der Waals surface area contributed by atoms with Crippen LogP contribution in [-0.4, -0.2) is 24.1 Å². The monoisotopic (exact) mass is 254 g/mol. The van der Waals surface area contributed by atoms with Crippen LogP contribution in [0.25, 0.3) is 0 Å². The minimum atomic E-state index is 0.00519. The first kappa shape index (κ1) is 12.2. The summed E-state index contributed by atoms with van der Waals surface area (Å²) in [6.07, 6.45) is 0.446. The van der Waals surface area contributed by atoms with Gasteiger partial charge in [0.25, 0.3) is 0 Å². The number of nitrogens with zero attached hydrogens (tertiary/aromatic N) is 1. The molecule has 5 heteroatoms. The van der Waals surface area contributed by atoms with Gasteiger partial charge in [-0.2, -0.15) is 0 Å². The number of carbonyl (C=O) groups is 1. The van der Waals surface area contributed by atoms with Gasteiger partial charge < -0.3 is 15.7 Å². The van der Waals surface area contributed by atoms with Crippen LogP contribution < -0.4 is 10.6 Å². The Morgan fingerprint density at radius 1 is 1.59 bits per heavy atom. The highest BCUT2D eigenvalue weighted by atomic mass is 35.5. The van der Waals surface area contributed by atoms with Gasteiger partial charge in [-0.3, -0.25) is 4.79 Å². The highest BCUT2D eigenvalue weighted by Crippen LogP contribution is 2.38. The molecule has 3 N–H and O–H groups in total. The number of amides is 1. The summed E-state index contributed by atoms with van der Waals surface area (Å²) >= 11 is 6.06. The fourth-order valence-electron chi connectivity index (χ4n) is 2.03. The third kappa shape index (κ3) is 2.10. The molecule has 1 amide bonds. The predicted molar refractivity (Wildman–Crippen MR) is 67.4 cm³/mol. The molecule has 1 aromatic rings. The Balaban J connectivity index is 2.35. The minimum Gasteiger partial charge on any atom is -0.506 e. The summed E-state index contributed by atoms with van der Waals surface area (Å²) in [5.74, 6) is 0.209. The lowest BCUT2D eigenvalue weighted by molar-refractivity contribution is -0.117. The van der Waals surface area contributed by atoms with Crippen LogP contribution in [0.1, 0.15) is 12.0 Å². The largest absolute Gasteiger partial charge is 0.506 e. The van der Waals surface area contributed by atoms with E-state index < -0.39 is 0 Å². The predicted octanol–water partition coefficient (Wildman–Crippen LogP) is 1.67. The van der Waals surface area contributed by atoms with Crippen molar-refractivity contribution in [1.29, 1.82) is 0 Å². The second-order valence-corrected chi connectivity index (χ2v) is 4.75. The molecule has 1 aliphatic heterocycles. The molecule has 1 aliphatic rings. The van der Waals surface area contributed by atoms with Crippen molar-refractivity contribution >= 4 is 23.2 Å². The maximum absolute atomic E-state index is 11.8. The van der Waals surface area contributed by atoms with E-state index in [0.717, 1.165) is 0 Å². The number of nitrogens with two attached hydrogens (primary N) is 1. The van der Waals surface area contributed by atoms with Gasteiger partial charge in [0.15, 0.2) is 0 Å². The molecule has 0 saturated carbocycles. The van der Waals surface area contributed by atoms with Gasteiger partial charge in [-0.1, -0.05) is 17.7 Å². The van der Waals surface area contributed by atoms with Crippen molar-refractivity contribution in [2.75, 3.05) is 18.0 Å². The van der Waals surface area contributed by atoms with Gasteiger partial charge in [0.2, 0.25) is 5.91 Å². The molecule has 0 spiro atoms. The van der Waals surface area contributed by atoms with E-state index >= 15 is 0 Å². The van der Waals surface area contributed by atoms with Crippen LogP contribution in [0.5, 0.6) is 5.75 Å². The van der Waals surface area contributed by atoms with Crippen molar-refractivity contribution in [3.05, 3.63) is 22.7 Å². The molecule has 92 valence electrons. The summed E-state index contributed by atoms with van der Waals surface area (Å²) in [6, 6.07) is 3.51. The quantitative estimate of drug-likeness (QED) is 0.844. The van der Waals surface area contributed by atoms with E-state index in [1.807, 2.05) is 0 Å². The molecule has 1 saturated heterocycles. The summed E-state index contributed by atoms with van der Waals surface area (Å²) in [6.45, 7) is 2.81. The van der Waals surface area contributed by atoms with E-state index in [0.29, 0.717) is 30.8 Å². The average Bonchev–Trinajstić information content (AvgIpc) is 2.68. The highest BCUT2D eigenvalue weighted by molar-refractivity contribution is 6.35. The van der Waals surface area contributed by atoms with Crippen LogP contribution in [0.3, 0.4) is 0 Å². The number of hydrogen-bond acceptors (Lipinski definition) is 3. The lowest BCUT2D eigenvalue weighted by Gasteiger charge is -2.19. The Hall–Kier alpha value is -1.26. The van der Waals surface area contributed by atoms with Gasteiger partial charge >= 0.3 is 0 Å². The van der Waals surface area contributed by atoms with Gasteiger partial charge in [0.1, 0.15) is 10.8 Å². The molecule has 2 rings (SSSR count). The standard InChI is InChI=1S/C12H15ClN2O2/c1-7-2-3-9(11(13)12(7)17)15-6-8(5-14)4-10(15)16/h2-3,8,17H,4-6,14H2,1H3. The Morgan fingerprint density at radius 2 is 2.29 bits per heavy atom. The molecular weight excluding hydrogens is 240 g/mol. The molecule has 1 unspecified atom stereocenters. The zero-order chi connectivity index (χ0) is 12.6. The summed E-state index contributed by atoms with van der Waals surface area (Å²) in [7, 11) is 0. The van der Waals surface area contributed by atoms with Crippen molar-refractivity contribution < 1.29 is 9.90 Å². The number of phenols is 1. The first-order valence-electron chi connectivity index (χ1n) is 5.53. The first-order chi connectivity index (χ1) is 8.04. The molecule has 0 radical (unpaired) electrons. The normalized spacial score (nSPS) is 20.1. The molecule has 1 atom stereocenters. The number of hydrogen-bond donors (Lipinski definition) is 2. The Labute approximate surface area is 105 Å². The number of rotatable bonds is 2. The number of benzene rings is 1. The topological polar surface area (TPSA) is 66.6 Å². The van der Waals surface area contributed by atoms with Gasteiger partial charge in [-0.15, -0.1) is 0 Å². The van der Waals surface area contributed by atoms with Crippen LogP contribution in [0, 0.1) is 12.8 Å². The van der Waals surface area contributed by atoms with Crippen LogP contribution in [-0.2, 0) is 4.79 Å². The Morgan fingerprint density at radius 3 is 2.88 bits per heavy atom. The molecule has 0 aromatic heterocycles. The minimum absolute atomic E-state index is 0.00519. The van der Waals surface area contributed by atoms with Crippen molar-refractivity contribution in [2.45, 2.75) is 13.3 Å². The van der Waals surface area contributed by atoms with Gasteiger partial charge in [-0.05, 0) is 31.0 Å². The third-order valence-corrected chi connectivity index (χ3v) is 3.50. The Kier molecular flexibility index (Phi) is 3.26.